The summed E-state index contributed by atoms with van der Waals surface area (Å²) in [7, 11) is 0. The summed E-state index contributed by atoms with van der Waals surface area (Å²) in [6.07, 6.45) is 6.01. The number of nitrogens with zero attached hydrogens (tertiary/aromatic N) is 3. The maximum absolute atomic E-state index is 12.6. The minimum absolute atomic E-state index is 0.0411. The van der Waals surface area contributed by atoms with E-state index in [1.807, 2.05) is 13.0 Å². The van der Waals surface area contributed by atoms with E-state index in [1.165, 1.54) is 0 Å². The van der Waals surface area contributed by atoms with Crippen molar-refractivity contribution in [3.05, 3.63) is 46.6 Å². The third-order valence-electron chi connectivity index (χ3n) is 6.44. The lowest BCUT2D eigenvalue weighted by Crippen LogP contribution is -2.38. The van der Waals surface area contributed by atoms with Gasteiger partial charge < -0.3 is 16.0 Å². The fourth-order valence-electron chi connectivity index (χ4n) is 4.47. The number of amides is 3. The van der Waals surface area contributed by atoms with Gasteiger partial charge in [0.25, 0.3) is 5.91 Å². The van der Waals surface area contributed by atoms with Gasteiger partial charge in [0.15, 0.2) is 0 Å². The molecule has 0 bridgehead atoms. The molecule has 2 aliphatic rings. The average molecular weight is 471 g/mol. The zero-order chi connectivity index (χ0) is 23.5. The van der Waals surface area contributed by atoms with E-state index in [9.17, 15) is 9.59 Å². The smallest absolute Gasteiger partial charge is 0.323 e. The highest BCUT2D eigenvalue weighted by Gasteiger charge is 2.35. The van der Waals surface area contributed by atoms with Crippen molar-refractivity contribution in [2.24, 2.45) is 5.92 Å². The second-order valence-electron chi connectivity index (χ2n) is 9.17. The molecule has 1 saturated heterocycles. The first-order chi connectivity index (χ1) is 15.8. The monoisotopic (exact) mass is 470 g/mol. The minimum Gasteiger partial charge on any atom is -0.349 e. The van der Waals surface area contributed by atoms with E-state index < -0.39 is 0 Å². The summed E-state index contributed by atoms with van der Waals surface area (Å²) in [4.78, 5) is 35.5. The number of nitrogens with one attached hydrogen (secondary N) is 3. The topological polar surface area (TPSA) is 99.2 Å². The number of benzene rings is 1. The van der Waals surface area contributed by atoms with Gasteiger partial charge in [0, 0.05) is 18.8 Å². The molecule has 33 heavy (non-hydrogen) atoms. The molecule has 9 heteroatoms. The van der Waals surface area contributed by atoms with Crippen LogP contribution in [0.5, 0.6) is 0 Å². The summed E-state index contributed by atoms with van der Waals surface area (Å²) < 4.78 is 0. The molecule has 2 aromatic rings. The van der Waals surface area contributed by atoms with Crippen LogP contribution < -0.4 is 20.9 Å². The molecule has 1 aromatic carbocycles. The first kappa shape index (κ1) is 23.3. The molecule has 0 radical (unpaired) electrons. The largest absolute Gasteiger partial charge is 0.349 e. The van der Waals surface area contributed by atoms with Crippen molar-refractivity contribution in [2.45, 2.75) is 64.6 Å². The fraction of sp³-hybridized carbons (Fsp3) is 0.500. The SMILES string of the molecule is CC(Nc1nccc(N2C(=O)NC[C@@H]2C(C)C)n1)c1ccc(C(=O)NC2CCCC2)c(Cl)c1. The highest BCUT2D eigenvalue weighted by molar-refractivity contribution is 6.33. The Balaban J connectivity index is 1.45. The normalized spacial score (nSPS) is 19.6. The van der Waals surface area contributed by atoms with E-state index >= 15 is 0 Å². The highest BCUT2D eigenvalue weighted by atomic mass is 35.5. The number of carbonyl (C=O) groups is 2. The number of aromatic nitrogens is 2. The minimum atomic E-state index is -0.155. The molecule has 1 saturated carbocycles. The van der Waals surface area contributed by atoms with Crippen molar-refractivity contribution in [1.82, 2.24) is 20.6 Å². The van der Waals surface area contributed by atoms with Crippen molar-refractivity contribution in [3.8, 4) is 0 Å². The van der Waals surface area contributed by atoms with Crippen LogP contribution in [0, 0.1) is 5.92 Å². The summed E-state index contributed by atoms with van der Waals surface area (Å²) in [5, 5.41) is 9.66. The fourth-order valence-corrected chi connectivity index (χ4v) is 4.75. The average Bonchev–Trinajstić information content (AvgIpc) is 3.43. The van der Waals surface area contributed by atoms with Gasteiger partial charge in [-0.1, -0.05) is 44.4 Å². The lowest BCUT2D eigenvalue weighted by molar-refractivity contribution is 0.0938. The predicted molar refractivity (Wildman–Crippen MR) is 130 cm³/mol. The second kappa shape index (κ2) is 9.95. The van der Waals surface area contributed by atoms with Crippen LogP contribution in [0.2, 0.25) is 5.02 Å². The Morgan fingerprint density at radius 1 is 1.21 bits per heavy atom. The third-order valence-corrected chi connectivity index (χ3v) is 6.76. The van der Waals surface area contributed by atoms with Crippen LogP contribution in [-0.4, -0.2) is 40.5 Å². The molecule has 2 fully saturated rings. The number of rotatable bonds is 7. The number of hydrogen-bond donors (Lipinski definition) is 3. The van der Waals surface area contributed by atoms with Crippen LogP contribution in [0.15, 0.2) is 30.5 Å². The Bertz CT molecular complexity index is 1020. The van der Waals surface area contributed by atoms with Gasteiger partial charge in [-0.2, -0.15) is 4.98 Å². The maximum Gasteiger partial charge on any atom is 0.323 e. The highest BCUT2D eigenvalue weighted by Crippen LogP contribution is 2.27. The van der Waals surface area contributed by atoms with E-state index in [-0.39, 0.29) is 30.1 Å². The maximum atomic E-state index is 12.6. The van der Waals surface area contributed by atoms with E-state index in [2.05, 4.69) is 39.8 Å². The van der Waals surface area contributed by atoms with Crippen LogP contribution >= 0.6 is 11.6 Å². The van der Waals surface area contributed by atoms with Crippen LogP contribution in [0.25, 0.3) is 0 Å². The Kier molecular flexibility index (Phi) is 7.02. The number of hydrogen-bond acceptors (Lipinski definition) is 5. The van der Waals surface area contributed by atoms with Gasteiger partial charge >= 0.3 is 6.03 Å². The van der Waals surface area contributed by atoms with Crippen molar-refractivity contribution >= 4 is 35.3 Å². The van der Waals surface area contributed by atoms with E-state index in [0.29, 0.717) is 34.8 Å². The molecule has 4 rings (SSSR count). The van der Waals surface area contributed by atoms with Crippen LogP contribution in [0.1, 0.15) is 68.4 Å². The van der Waals surface area contributed by atoms with Gasteiger partial charge in [0.05, 0.1) is 22.7 Å². The van der Waals surface area contributed by atoms with Gasteiger partial charge in [-0.3, -0.25) is 9.69 Å². The second-order valence-corrected chi connectivity index (χ2v) is 9.57. The standard InChI is InChI=1S/C24H31ClN6O2/c1-14(2)20-13-27-24(33)31(20)21-10-11-26-23(30-21)28-15(3)16-8-9-18(19(25)12-16)22(32)29-17-6-4-5-7-17/h8-12,14-15,17,20H,4-7,13H2,1-3H3,(H,27,33)(H,29,32)(H,26,28,30)/t15?,20-/m1/s1. The molecule has 2 heterocycles. The van der Waals surface area contributed by atoms with Crippen LogP contribution in [0.3, 0.4) is 0 Å². The first-order valence-corrected chi connectivity index (χ1v) is 12.0. The zero-order valence-corrected chi connectivity index (χ0v) is 20.0. The molecule has 3 amide bonds. The quantitative estimate of drug-likeness (QED) is 0.552. The van der Waals surface area contributed by atoms with Gasteiger partial charge in [-0.25, -0.2) is 9.78 Å². The number of anilines is 2. The molecule has 1 aromatic heterocycles. The molecule has 0 spiro atoms. The van der Waals surface area contributed by atoms with E-state index in [0.717, 1.165) is 31.2 Å². The number of urea groups is 1. The molecular formula is C24H31ClN6O2. The zero-order valence-electron chi connectivity index (χ0n) is 19.3. The molecule has 1 aliphatic heterocycles. The molecular weight excluding hydrogens is 440 g/mol. The van der Waals surface area contributed by atoms with Crippen molar-refractivity contribution in [2.75, 3.05) is 16.8 Å². The first-order valence-electron chi connectivity index (χ1n) is 11.6. The Morgan fingerprint density at radius 3 is 2.67 bits per heavy atom. The van der Waals surface area contributed by atoms with Crippen molar-refractivity contribution < 1.29 is 9.59 Å². The van der Waals surface area contributed by atoms with Crippen molar-refractivity contribution in [1.29, 1.82) is 0 Å². The van der Waals surface area contributed by atoms with E-state index in [1.54, 1.807) is 29.3 Å². The predicted octanol–water partition coefficient (Wildman–Crippen LogP) is 4.53. The molecule has 1 unspecified atom stereocenters. The molecule has 2 atom stereocenters. The lowest BCUT2D eigenvalue weighted by atomic mass is 10.0. The van der Waals surface area contributed by atoms with Gasteiger partial charge in [0.2, 0.25) is 5.95 Å². The van der Waals surface area contributed by atoms with Crippen molar-refractivity contribution in [3.63, 3.8) is 0 Å². The summed E-state index contributed by atoms with van der Waals surface area (Å²) in [5.41, 5.74) is 1.39. The summed E-state index contributed by atoms with van der Waals surface area (Å²) in [6.45, 7) is 6.74. The lowest BCUT2D eigenvalue weighted by Gasteiger charge is -2.25. The van der Waals surface area contributed by atoms with Gasteiger partial charge in [-0.15, -0.1) is 0 Å². The van der Waals surface area contributed by atoms with Gasteiger partial charge in [-0.05, 0) is 49.4 Å². The molecule has 1 aliphatic carbocycles. The number of halogens is 1. The Labute approximate surface area is 199 Å². The third kappa shape index (κ3) is 5.21. The Morgan fingerprint density at radius 2 is 1.97 bits per heavy atom. The van der Waals surface area contributed by atoms with Crippen LogP contribution in [-0.2, 0) is 0 Å². The summed E-state index contributed by atoms with van der Waals surface area (Å²) in [6, 6.07) is 7.17. The number of carbonyl (C=O) groups excluding carboxylic acids is 2. The summed E-state index contributed by atoms with van der Waals surface area (Å²) >= 11 is 6.46. The van der Waals surface area contributed by atoms with Crippen LogP contribution in [0.4, 0.5) is 16.6 Å². The molecule has 8 nitrogen and oxygen atoms in total. The molecule has 176 valence electrons. The Hall–Kier alpha value is -2.87. The molecule has 3 N–H and O–H groups in total. The summed E-state index contributed by atoms with van der Waals surface area (Å²) in [5.74, 6) is 1.14. The van der Waals surface area contributed by atoms with Gasteiger partial charge in [0.1, 0.15) is 5.82 Å². The van der Waals surface area contributed by atoms with E-state index in [4.69, 9.17) is 11.6 Å².